The van der Waals surface area contributed by atoms with Gasteiger partial charge in [0.2, 0.25) is 0 Å². The molecular weight excluding hydrogens is 370 g/mol. The monoisotopic (exact) mass is 379 g/mol. The van der Waals surface area contributed by atoms with Crippen LogP contribution in [0.3, 0.4) is 0 Å². The second-order valence-corrected chi connectivity index (χ2v) is 7.43. The summed E-state index contributed by atoms with van der Waals surface area (Å²) in [7, 11) is 0. The number of benzene rings is 1. The van der Waals surface area contributed by atoms with Crippen LogP contribution < -0.4 is 5.32 Å². The van der Waals surface area contributed by atoms with E-state index >= 15 is 0 Å². The lowest BCUT2D eigenvalue weighted by molar-refractivity contribution is -0.384. The summed E-state index contributed by atoms with van der Waals surface area (Å²) in [5, 5.41) is 15.8. The first-order chi connectivity index (χ1) is 11.4. The number of nitrogens with one attached hydrogen (secondary N) is 1. The first kappa shape index (κ1) is 16.6. The Morgan fingerprint density at radius 1 is 1.33 bits per heavy atom. The quantitative estimate of drug-likeness (QED) is 0.511. The van der Waals surface area contributed by atoms with Gasteiger partial charge in [-0.05, 0) is 24.6 Å². The predicted molar refractivity (Wildman–Crippen MR) is 96.2 cm³/mol. The van der Waals surface area contributed by atoms with Gasteiger partial charge in [-0.3, -0.25) is 20.2 Å². The normalized spacial score (nSPS) is 10.6. The van der Waals surface area contributed by atoms with Crippen molar-refractivity contribution in [3.05, 3.63) is 61.3 Å². The highest BCUT2D eigenvalue weighted by Crippen LogP contribution is 2.33. The van der Waals surface area contributed by atoms with Gasteiger partial charge in [-0.25, -0.2) is 4.98 Å². The number of anilines is 1. The number of carbonyl (C=O) groups excluding carboxylic acids is 1. The molecule has 0 aliphatic rings. The summed E-state index contributed by atoms with van der Waals surface area (Å²) in [6.45, 7) is 1.72. The number of thiazole rings is 1. The van der Waals surface area contributed by atoms with Gasteiger partial charge in [-0.1, -0.05) is 17.7 Å². The molecule has 0 aliphatic heterocycles. The molecule has 122 valence electrons. The molecule has 6 nitrogen and oxygen atoms in total. The molecular formula is C15H10ClN3O3S2. The van der Waals surface area contributed by atoms with Crippen molar-refractivity contribution in [1.82, 2.24) is 4.98 Å². The summed E-state index contributed by atoms with van der Waals surface area (Å²) in [6, 6.07) is 7.82. The number of nitro groups is 1. The van der Waals surface area contributed by atoms with E-state index in [2.05, 4.69) is 10.3 Å². The molecule has 1 N–H and O–H groups in total. The second kappa shape index (κ2) is 6.68. The Hall–Kier alpha value is -2.29. The molecule has 2 aromatic heterocycles. The molecule has 0 fully saturated rings. The van der Waals surface area contributed by atoms with Crippen LogP contribution in [0.15, 0.2) is 35.7 Å². The highest BCUT2D eigenvalue weighted by atomic mass is 35.5. The first-order valence-corrected chi connectivity index (χ1v) is 8.79. The van der Waals surface area contributed by atoms with Gasteiger partial charge in [0.05, 0.1) is 19.8 Å². The van der Waals surface area contributed by atoms with Crippen LogP contribution in [0.4, 0.5) is 10.8 Å². The number of nitrogens with zero attached hydrogens (tertiary/aromatic N) is 2. The van der Waals surface area contributed by atoms with Crippen LogP contribution >= 0.6 is 34.3 Å². The Morgan fingerprint density at radius 3 is 2.79 bits per heavy atom. The van der Waals surface area contributed by atoms with Crippen molar-refractivity contribution in [3.8, 4) is 10.6 Å². The lowest BCUT2D eigenvalue weighted by Crippen LogP contribution is -2.13. The molecule has 24 heavy (non-hydrogen) atoms. The Kier molecular flexibility index (Phi) is 4.61. The molecule has 3 aromatic rings. The Morgan fingerprint density at radius 2 is 2.12 bits per heavy atom. The SMILES string of the molecule is Cc1ccc([N+](=O)[O-])cc1C(=O)Nc1nc(-c2ccc(Cl)s2)cs1. The maximum atomic E-state index is 12.4. The van der Waals surface area contributed by atoms with Crippen molar-refractivity contribution < 1.29 is 9.72 Å². The number of hydrogen-bond donors (Lipinski definition) is 1. The van der Waals surface area contributed by atoms with Gasteiger partial charge in [0.1, 0.15) is 0 Å². The van der Waals surface area contributed by atoms with E-state index in [1.165, 1.54) is 34.8 Å². The molecule has 2 heterocycles. The average Bonchev–Trinajstić information content (AvgIpc) is 3.16. The summed E-state index contributed by atoms with van der Waals surface area (Å²) in [5.41, 5.74) is 1.50. The number of nitro benzene ring substituents is 1. The van der Waals surface area contributed by atoms with Crippen molar-refractivity contribution in [3.63, 3.8) is 0 Å². The molecule has 0 spiro atoms. The third-order valence-electron chi connectivity index (χ3n) is 3.23. The molecule has 0 unspecified atom stereocenters. The van der Waals surface area contributed by atoms with E-state index < -0.39 is 10.8 Å². The highest BCUT2D eigenvalue weighted by Gasteiger charge is 2.16. The van der Waals surface area contributed by atoms with Gasteiger partial charge in [0.25, 0.3) is 11.6 Å². The van der Waals surface area contributed by atoms with Crippen molar-refractivity contribution in [1.29, 1.82) is 0 Å². The minimum atomic E-state index is -0.530. The lowest BCUT2D eigenvalue weighted by Gasteiger charge is -2.05. The maximum absolute atomic E-state index is 12.4. The summed E-state index contributed by atoms with van der Waals surface area (Å²) in [5.74, 6) is -0.429. The van der Waals surface area contributed by atoms with Gasteiger partial charge in [-0.15, -0.1) is 22.7 Å². The van der Waals surface area contributed by atoms with Gasteiger partial charge < -0.3 is 0 Å². The third kappa shape index (κ3) is 3.45. The fraction of sp³-hybridized carbons (Fsp3) is 0.0667. The number of thiophene rings is 1. The zero-order valence-corrected chi connectivity index (χ0v) is 14.7. The largest absolute Gasteiger partial charge is 0.298 e. The Labute approximate surface area is 149 Å². The number of aromatic nitrogens is 1. The van der Waals surface area contributed by atoms with E-state index in [1.807, 2.05) is 11.4 Å². The van der Waals surface area contributed by atoms with E-state index in [0.29, 0.717) is 15.0 Å². The van der Waals surface area contributed by atoms with Crippen LogP contribution in [0.25, 0.3) is 10.6 Å². The topological polar surface area (TPSA) is 85.1 Å². The van der Waals surface area contributed by atoms with Crippen LogP contribution in [0.1, 0.15) is 15.9 Å². The summed E-state index contributed by atoms with van der Waals surface area (Å²) in [6.07, 6.45) is 0. The van der Waals surface area contributed by atoms with Crippen LogP contribution in [0.2, 0.25) is 4.34 Å². The molecule has 3 rings (SSSR count). The van der Waals surface area contributed by atoms with Crippen molar-refractivity contribution in [2.24, 2.45) is 0 Å². The first-order valence-electron chi connectivity index (χ1n) is 6.71. The maximum Gasteiger partial charge on any atom is 0.270 e. The number of carbonyl (C=O) groups is 1. The van der Waals surface area contributed by atoms with E-state index in [-0.39, 0.29) is 11.3 Å². The van der Waals surface area contributed by atoms with Crippen molar-refractivity contribution in [2.75, 3.05) is 5.32 Å². The van der Waals surface area contributed by atoms with Crippen molar-refractivity contribution >= 4 is 51.0 Å². The summed E-state index contributed by atoms with van der Waals surface area (Å²) < 4.78 is 0.663. The fourth-order valence-electron chi connectivity index (χ4n) is 2.03. The summed E-state index contributed by atoms with van der Waals surface area (Å²) in [4.78, 5) is 28.0. The van der Waals surface area contributed by atoms with Crippen molar-refractivity contribution in [2.45, 2.75) is 6.92 Å². The van der Waals surface area contributed by atoms with Crippen LogP contribution in [-0.2, 0) is 0 Å². The Bertz CT molecular complexity index is 936. The zero-order valence-electron chi connectivity index (χ0n) is 12.3. The lowest BCUT2D eigenvalue weighted by atomic mass is 10.1. The highest BCUT2D eigenvalue weighted by molar-refractivity contribution is 7.20. The van der Waals surface area contributed by atoms with E-state index in [9.17, 15) is 14.9 Å². The number of hydrogen-bond acceptors (Lipinski definition) is 6. The molecule has 9 heteroatoms. The predicted octanol–water partition coefficient (Wildman–Crippen LogP) is 4.99. The summed E-state index contributed by atoms with van der Waals surface area (Å²) >= 11 is 8.59. The second-order valence-electron chi connectivity index (χ2n) is 4.85. The molecule has 0 aliphatic carbocycles. The molecule has 1 aromatic carbocycles. The zero-order chi connectivity index (χ0) is 17.3. The third-order valence-corrected chi connectivity index (χ3v) is 5.24. The molecule has 0 saturated carbocycles. The van der Waals surface area contributed by atoms with Gasteiger partial charge >= 0.3 is 0 Å². The number of amides is 1. The van der Waals surface area contributed by atoms with E-state index in [0.717, 1.165) is 10.6 Å². The minimum absolute atomic E-state index is 0.126. The Balaban J connectivity index is 1.82. The van der Waals surface area contributed by atoms with Gasteiger partial charge in [0, 0.05) is 23.1 Å². The average molecular weight is 380 g/mol. The molecule has 0 bridgehead atoms. The number of rotatable bonds is 4. The van der Waals surface area contributed by atoms with Crippen LogP contribution in [0, 0.1) is 17.0 Å². The fourth-order valence-corrected chi connectivity index (χ4v) is 3.81. The number of aryl methyl sites for hydroxylation is 1. The molecule has 0 saturated heterocycles. The van der Waals surface area contributed by atoms with E-state index in [4.69, 9.17) is 11.6 Å². The van der Waals surface area contributed by atoms with Crippen LogP contribution in [-0.4, -0.2) is 15.8 Å². The standard InChI is InChI=1S/C15H10ClN3O3S2/c1-8-2-3-9(19(21)22)6-10(8)14(20)18-15-17-11(7-23-15)12-4-5-13(16)24-12/h2-7H,1H3,(H,17,18,20). The molecule has 1 amide bonds. The van der Waals surface area contributed by atoms with E-state index in [1.54, 1.807) is 19.1 Å². The number of halogens is 1. The smallest absolute Gasteiger partial charge is 0.270 e. The van der Waals surface area contributed by atoms with Gasteiger partial charge in [0.15, 0.2) is 5.13 Å². The minimum Gasteiger partial charge on any atom is -0.298 e. The van der Waals surface area contributed by atoms with Crippen LogP contribution in [0.5, 0.6) is 0 Å². The van der Waals surface area contributed by atoms with Gasteiger partial charge in [-0.2, -0.15) is 0 Å². The molecule has 0 radical (unpaired) electrons. The molecule has 0 atom stereocenters. The number of non-ortho nitro benzene ring substituents is 1.